The molecule has 1 unspecified atom stereocenters. The Kier molecular flexibility index (Phi) is 6.02. The minimum Gasteiger partial charge on any atom is -0.488 e. The van der Waals surface area contributed by atoms with Crippen molar-refractivity contribution >= 4 is 34.1 Å². The number of anilines is 1. The Bertz CT molecular complexity index is 1360. The van der Waals surface area contributed by atoms with Crippen molar-refractivity contribution in [3.8, 4) is 17.0 Å². The fraction of sp³-hybridized carbons (Fsp3) is 0.280. The van der Waals surface area contributed by atoms with E-state index in [4.69, 9.17) is 15.6 Å². The molecule has 1 fully saturated rings. The molecule has 4 heterocycles. The number of rotatable bonds is 6. The zero-order chi connectivity index (χ0) is 23.7. The third-order valence-electron chi connectivity index (χ3n) is 6.04. The SMILES string of the molecule is C=CC(=O)N1CCCC(n2nc(-c3csc(COc4cccc(C)c4)c3)c3c(N)ncnc32)C1. The summed E-state index contributed by atoms with van der Waals surface area (Å²) >= 11 is 1.61. The summed E-state index contributed by atoms with van der Waals surface area (Å²) in [4.78, 5) is 23.8. The van der Waals surface area contributed by atoms with Crippen LogP contribution in [0, 0.1) is 6.92 Å². The molecule has 5 rings (SSSR count). The molecule has 0 radical (unpaired) electrons. The molecule has 1 amide bonds. The molecule has 1 aliphatic rings. The lowest BCUT2D eigenvalue weighted by molar-refractivity contribution is -0.127. The van der Waals surface area contributed by atoms with Crippen LogP contribution in [0.2, 0.25) is 0 Å². The highest BCUT2D eigenvalue weighted by Gasteiger charge is 2.28. The number of benzene rings is 1. The van der Waals surface area contributed by atoms with E-state index in [0.717, 1.165) is 52.2 Å². The molecule has 4 aromatic rings. The second-order valence-electron chi connectivity index (χ2n) is 8.44. The normalized spacial score (nSPS) is 16.0. The lowest BCUT2D eigenvalue weighted by atomic mass is 10.1. The predicted octanol–water partition coefficient (Wildman–Crippen LogP) is 4.37. The number of amides is 1. The van der Waals surface area contributed by atoms with Crippen molar-refractivity contribution in [2.24, 2.45) is 0 Å². The Hall–Kier alpha value is -3.72. The van der Waals surface area contributed by atoms with Crippen LogP contribution in [0.1, 0.15) is 29.3 Å². The van der Waals surface area contributed by atoms with Gasteiger partial charge < -0.3 is 15.4 Å². The van der Waals surface area contributed by atoms with E-state index >= 15 is 0 Å². The number of aryl methyl sites for hydroxylation is 1. The highest BCUT2D eigenvalue weighted by Crippen LogP contribution is 2.35. The summed E-state index contributed by atoms with van der Waals surface area (Å²) in [5.74, 6) is 1.18. The van der Waals surface area contributed by atoms with Crippen molar-refractivity contribution in [2.45, 2.75) is 32.4 Å². The monoisotopic (exact) mass is 474 g/mol. The number of fused-ring (bicyclic) bond motifs is 1. The maximum atomic E-state index is 12.2. The Balaban J connectivity index is 1.45. The fourth-order valence-corrected chi connectivity index (χ4v) is 5.16. The number of piperidine rings is 1. The largest absolute Gasteiger partial charge is 0.488 e. The van der Waals surface area contributed by atoms with E-state index < -0.39 is 0 Å². The summed E-state index contributed by atoms with van der Waals surface area (Å²) in [7, 11) is 0. The predicted molar refractivity (Wildman–Crippen MR) is 134 cm³/mol. The number of nitrogen functional groups attached to an aromatic ring is 1. The van der Waals surface area contributed by atoms with E-state index in [1.54, 1.807) is 11.3 Å². The van der Waals surface area contributed by atoms with Crippen molar-refractivity contribution in [2.75, 3.05) is 18.8 Å². The zero-order valence-corrected chi connectivity index (χ0v) is 19.8. The standard InChI is InChI=1S/C25H26N6O2S/c1-3-21(32)30-9-5-7-18(12-30)31-25-22(24(26)27-15-28-25)23(29-31)17-11-20(34-14-17)13-33-19-8-4-6-16(2)10-19/h3-4,6,8,10-11,14-15,18H,1,5,7,9,12-13H2,2H3,(H2,26,27,28). The number of ether oxygens (including phenoxy) is 1. The van der Waals surface area contributed by atoms with Crippen LogP contribution in [0.4, 0.5) is 5.82 Å². The quantitative estimate of drug-likeness (QED) is 0.417. The van der Waals surface area contributed by atoms with Gasteiger partial charge in [0.05, 0.1) is 11.4 Å². The maximum Gasteiger partial charge on any atom is 0.246 e. The Morgan fingerprint density at radius 2 is 2.24 bits per heavy atom. The van der Waals surface area contributed by atoms with Crippen molar-refractivity contribution in [3.05, 3.63) is 65.1 Å². The minimum atomic E-state index is -0.0633. The number of carbonyl (C=O) groups excluding carboxylic acids is 1. The molecule has 3 aromatic heterocycles. The molecule has 34 heavy (non-hydrogen) atoms. The number of likely N-dealkylation sites (tertiary alicyclic amines) is 1. The van der Waals surface area contributed by atoms with Gasteiger partial charge in [0.15, 0.2) is 5.65 Å². The first-order valence-corrected chi connectivity index (χ1v) is 12.1. The summed E-state index contributed by atoms with van der Waals surface area (Å²) in [5, 5.41) is 7.74. The van der Waals surface area contributed by atoms with Crippen LogP contribution in [-0.4, -0.2) is 43.6 Å². The van der Waals surface area contributed by atoms with Crippen LogP contribution >= 0.6 is 11.3 Å². The van der Waals surface area contributed by atoms with Crippen molar-refractivity contribution < 1.29 is 9.53 Å². The van der Waals surface area contributed by atoms with E-state index in [2.05, 4.69) is 28.0 Å². The third kappa shape index (κ3) is 4.26. The number of aromatic nitrogens is 4. The van der Waals surface area contributed by atoms with E-state index in [-0.39, 0.29) is 11.9 Å². The van der Waals surface area contributed by atoms with Crippen LogP contribution < -0.4 is 10.5 Å². The van der Waals surface area contributed by atoms with Gasteiger partial charge in [-0.05, 0) is 49.6 Å². The number of nitrogens with two attached hydrogens (primary N) is 1. The zero-order valence-electron chi connectivity index (χ0n) is 19.0. The number of nitrogens with zero attached hydrogens (tertiary/aromatic N) is 5. The van der Waals surface area contributed by atoms with Crippen LogP contribution in [0.3, 0.4) is 0 Å². The smallest absolute Gasteiger partial charge is 0.246 e. The first kappa shape index (κ1) is 22.1. The van der Waals surface area contributed by atoms with Crippen LogP contribution in [0.15, 0.2) is 54.7 Å². The molecular formula is C25H26N6O2S. The van der Waals surface area contributed by atoms with Gasteiger partial charge >= 0.3 is 0 Å². The Morgan fingerprint density at radius 1 is 1.35 bits per heavy atom. The first-order chi connectivity index (χ1) is 16.5. The van der Waals surface area contributed by atoms with Gasteiger partial charge in [-0.25, -0.2) is 14.6 Å². The summed E-state index contributed by atoms with van der Waals surface area (Å²) < 4.78 is 7.88. The third-order valence-corrected chi connectivity index (χ3v) is 6.95. The van der Waals surface area contributed by atoms with Gasteiger partial charge in [0.1, 0.15) is 30.2 Å². The van der Waals surface area contributed by atoms with Crippen LogP contribution in [0.25, 0.3) is 22.3 Å². The van der Waals surface area contributed by atoms with Crippen molar-refractivity contribution in [3.63, 3.8) is 0 Å². The Labute approximate surface area is 201 Å². The second kappa shape index (κ2) is 9.26. The average Bonchev–Trinajstić information content (AvgIpc) is 3.48. The van der Waals surface area contributed by atoms with Crippen molar-refractivity contribution in [1.82, 2.24) is 24.6 Å². The van der Waals surface area contributed by atoms with E-state index in [0.29, 0.717) is 24.6 Å². The van der Waals surface area contributed by atoms with Crippen LogP contribution in [0.5, 0.6) is 5.75 Å². The average molecular weight is 475 g/mol. The van der Waals surface area contributed by atoms with E-state index in [1.807, 2.05) is 40.8 Å². The molecule has 0 spiro atoms. The lowest BCUT2D eigenvalue weighted by Gasteiger charge is -2.32. The minimum absolute atomic E-state index is 0.00552. The molecule has 1 aliphatic heterocycles. The van der Waals surface area contributed by atoms with Gasteiger partial charge in [-0.2, -0.15) is 5.10 Å². The highest BCUT2D eigenvalue weighted by atomic mass is 32.1. The summed E-state index contributed by atoms with van der Waals surface area (Å²) in [5.41, 5.74) is 9.83. The van der Waals surface area contributed by atoms with Crippen LogP contribution in [-0.2, 0) is 11.4 Å². The molecule has 9 heteroatoms. The highest BCUT2D eigenvalue weighted by molar-refractivity contribution is 7.10. The molecule has 0 aliphatic carbocycles. The number of hydrogen-bond acceptors (Lipinski definition) is 7. The van der Waals surface area contributed by atoms with Gasteiger partial charge in [-0.15, -0.1) is 11.3 Å². The first-order valence-electron chi connectivity index (χ1n) is 11.2. The van der Waals surface area contributed by atoms with Gasteiger partial charge in [-0.1, -0.05) is 18.7 Å². The molecule has 1 atom stereocenters. The number of thiophene rings is 1. The van der Waals surface area contributed by atoms with Gasteiger partial charge in [0.25, 0.3) is 0 Å². The topological polar surface area (TPSA) is 99.2 Å². The van der Waals surface area contributed by atoms with Gasteiger partial charge in [0, 0.05) is 28.9 Å². The molecular weight excluding hydrogens is 448 g/mol. The number of hydrogen-bond donors (Lipinski definition) is 1. The fourth-order valence-electron chi connectivity index (χ4n) is 4.38. The molecule has 0 saturated carbocycles. The van der Waals surface area contributed by atoms with Gasteiger partial charge in [-0.3, -0.25) is 4.79 Å². The summed E-state index contributed by atoms with van der Waals surface area (Å²) in [6, 6.07) is 10.1. The summed E-state index contributed by atoms with van der Waals surface area (Å²) in [6.45, 7) is 7.42. The number of carbonyl (C=O) groups is 1. The summed E-state index contributed by atoms with van der Waals surface area (Å²) in [6.07, 6.45) is 4.62. The second-order valence-corrected chi connectivity index (χ2v) is 9.44. The molecule has 1 aromatic carbocycles. The van der Waals surface area contributed by atoms with Crippen molar-refractivity contribution in [1.29, 1.82) is 0 Å². The molecule has 2 N–H and O–H groups in total. The molecule has 0 bridgehead atoms. The molecule has 174 valence electrons. The van der Waals surface area contributed by atoms with E-state index in [1.165, 1.54) is 12.4 Å². The van der Waals surface area contributed by atoms with E-state index in [9.17, 15) is 4.79 Å². The Morgan fingerprint density at radius 3 is 3.06 bits per heavy atom. The van der Waals surface area contributed by atoms with Gasteiger partial charge in [0.2, 0.25) is 5.91 Å². The molecule has 8 nitrogen and oxygen atoms in total. The molecule has 1 saturated heterocycles. The lowest BCUT2D eigenvalue weighted by Crippen LogP contribution is -2.40. The maximum absolute atomic E-state index is 12.2.